The average molecular weight is 237 g/mol. The summed E-state index contributed by atoms with van der Waals surface area (Å²) in [4.78, 5) is 13.7. The maximum absolute atomic E-state index is 11.1. The van der Waals surface area contributed by atoms with E-state index in [0.29, 0.717) is 24.3 Å². The zero-order chi connectivity index (χ0) is 11.8. The van der Waals surface area contributed by atoms with Crippen LogP contribution >= 0.6 is 0 Å². The Kier molecular flexibility index (Phi) is 3.12. The molecule has 1 aliphatic carbocycles. The van der Waals surface area contributed by atoms with Crippen LogP contribution in [0.15, 0.2) is 0 Å². The number of piperidine rings is 3. The summed E-state index contributed by atoms with van der Waals surface area (Å²) >= 11 is 0. The molecule has 17 heavy (non-hydrogen) atoms. The van der Waals surface area contributed by atoms with Crippen molar-refractivity contribution >= 4 is 5.97 Å². The van der Waals surface area contributed by atoms with Crippen molar-refractivity contribution in [2.75, 3.05) is 13.1 Å². The van der Waals surface area contributed by atoms with Gasteiger partial charge in [0, 0.05) is 12.5 Å². The quantitative estimate of drug-likeness (QED) is 0.819. The van der Waals surface area contributed by atoms with E-state index in [1.807, 2.05) is 0 Å². The number of hydrogen-bond acceptors (Lipinski definition) is 2. The van der Waals surface area contributed by atoms with E-state index >= 15 is 0 Å². The Balaban J connectivity index is 1.78. The van der Waals surface area contributed by atoms with Gasteiger partial charge in [-0.2, -0.15) is 0 Å². The second-order valence-corrected chi connectivity index (χ2v) is 6.17. The molecule has 3 aliphatic heterocycles. The molecule has 1 saturated carbocycles. The summed E-state index contributed by atoms with van der Waals surface area (Å²) in [6, 6.07) is 0.598. The molecule has 2 unspecified atom stereocenters. The first-order valence-corrected chi connectivity index (χ1v) is 7.21. The van der Waals surface area contributed by atoms with E-state index in [4.69, 9.17) is 5.11 Å². The highest BCUT2D eigenvalue weighted by molar-refractivity contribution is 5.67. The van der Waals surface area contributed by atoms with Crippen LogP contribution in [-0.4, -0.2) is 35.1 Å². The fraction of sp³-hybridized carbons (Fsp3) is 0.929. The Hall–Kier alpha value is -0.570. The van der Waals surface area contributed by atoms with Crippen molar-refractivity contribution in [3.05, 3.63) is 0 Å². The van der Waals surface area contributed by atoms with Crippen molar-refractivity contribution in [2.24, 2.45) is 17.8 Å². The molecule has 3 saturated heterocycles. The first-order chi connectivity index (χ1) is 8.25. The van der Waals surface area contributed by atoms with Crippen molar-refractivity contribution in [1.29, 1.82) is 0 Å². The van der Waals surface area contributed by atoms with Gasteiger partial charge in [-0.15, -0.1) is 0 Å². The summed E-state index contributed by atoms with van der Waals surface area (Å²) in [7, 11) is 0. The highest BCUT2D eigenvalue weighted by atomic mass is 16.4. The van der Waals surface area contributed by atoms with Gasteiger partial charge in [0.15, 0.2) is 0 Å². The molecular weight excluding hydrogens is 214 g/mol. The van der Waals surface area contributed by atoms with E-state index in [1.165, 1.54) is 51.6 Å². The number of carboxylic acids is 1. The maximum Gasteiger partial charge on any atom is 0.303 e. The molecule has 4 fully saturated rings. The minimum atomic E-state index is -0.591. The molecule has 0 aromatic rings. The molecule has 2 bridgehead atoms. The Morgan fingerprint density at radius 1 is 1.06 bits per heavy atom. The van der Waals surface area contributed by atoms with E-state index in [-0.39, 0.29) is 0 Å². The minimum Gasteiger partial charge on any atom is -0.481 e. The topological polar surface area (TPSA) is 40.5 Å². The number of hydrogen-bond donors (Lipinski definition) is 1. The van der Waals surface area contributed by atoms with Gasteiger partial charge >= 0.3 is 5.97 Å². The fourth-order valence-corrected chi connectivity index (χ4v) is 4.63. The molecule has 4 rings (SSSR count). The van der Waals surface area contributed by atoms with Crippen molar-refractivity contribution < 1.29 is 9.90 Å². The predicted molar refractivity (Wildman–Crippen MR) is 65.8 cm³/mol. The molecule has 3 nitrogen and oxygen atoms in total. The standard InChI is InChI=1S/C14H23NO2/c16-13(17)9-12-10-5-7-15(8-6-10)14(12)11-3-1-2-4-11/h10-12,14H,1-9H2,(H,16,17). The highest BCUT2D eigenvalue weighted by Crippen LogP contribution is 2.45. The van der Waals surface area contributed by atoms with Crippen LogP contribution in [0.2, 0.25) is 0 Å². The van der Waals surface area contributed by atoms with Crippen molar-refractivity contribution in [3.8, 4) is 0 Å². The first-order valence-electron chi connectivity index (χ1n) is 7.21. The summed E-state index contributed by atoms with van der Waals surface area (Å²) < 4.78 is 0. The largest absolute Gasteiger partial charge is 0.481 e. The van der Waals surface area contributed by atoms with Crippen LogP contribution in [0.3, 0.4) is 0 Å². The molecule has 0 aromatic heterocycles. The first kappa shape index (κ1) is 11.5. The summed E-state index contributed by atoms with van der Waals surface area (Å²) in [6.45, 7) is 2.45. The minimum absolute atomic E-state index is 0.405. The molecule has 0 aromatic carbocycles. The Bertz CT molecular complexity index is 289. The number of carboxylic acid groups (broad SMARTS) is 1. The summed E-state index contributed by atoms with van der Waals surface area (Å²) in [5, 5.41) is 9.14. The molecule has 2 atom stereocenters. The number of aliphatic carboxylic acids is 1. The van der Waals surface area contributed by atoms with Crippen LogP contribution in [0.5, 0.6) is 0 Å². The van der Waals surface area contributed by atoms with Gasteiger partial charge in [-0.05, 0) is 56.5 Å². The molecule has 1 N–H and O–H groups in total. The second-order valence-electron chi connectivity index (χ2n) is 6.17. The van der Waals surface area contributed by atoms with Crippen molar-refractivity contribution in [1.82, 2.24) is 4.90 Å². The number of nitrogens with zero attached hydrogens (tertiary/aromatic N) is 1. The summed E-state index contributed by atoms with van der Waals surface area (Å²) in [5.74, 6) is 1.34. The van der Waals surface area contributed by atoms with Crippen LogP contribution in [0.4, 0.5) is 0 Å². The van der Waals surface area contributed by atoms with E-state index < -0.39 is 5.97 Å². The van der Waals surface area contributed by atoms with E-state index in [9.17, 15) is 4.79 Å². The van der Waals surface area contributed by atoms with Gasteiger partial charge in [-0.3, -0.25) is 9.69 Å². The van der Waals surface area contributed by atoms with Crippen LogP contribution in [0.1, 0.15) is 44.9 Å². The zero-order valence-corrected chi connectivity index (χ0v) is 10.5. The zero-order valence-electron chi connectivity index (χ0n) is 10.5. The third-order valence-corrected chi connectivity index (χ3v) is 5.33. The fourth-order valence-electron chi connectivity index (χ4n) is 4.63. The Morgan fingerprint density at radius 3 is 2.29 bits per heavy atom. The monoisotopic (exact) mass is 237 g/mol. The number of fused-ring (bicyclic) bond motifs is 3. The third kappa shape index (κ3) is 2.10. The number of carbonyl (C=O) groups is 1. The lowest BCUT2D eigenvalue weighted by Gasteiger charge is -2.53. The molecule has 3 heteroatoms. The normalized spacial score (nSPS) is 41.9. The maximum atomic E-state index is 11.1. The SMILES string of the molecule is O=C(O)CC1C2CCN(CC2)C1C1CCCC1. The molecule has 3 heterocycles. The van der Waals surface area contributed by atoms with Crippen LogP contribution < -0.4 is 0 Å². The van der Waals surface area contributed by atoms with Crippen LogP contribution in [0, 0.1) is 17.8 Å². The second kappa shape index (κ2) is 4.60. The smallest absolute Gasteiger partial charge is 0.303 e. The molecular formula is C14H23NO2. The lowest BCUT2D eigenvalue weighted by Crippen LogP contribution is -2.57. The number of rotatable bonds is 3. The highest BCUT2D eigenvalue weighted by Gasteiger charge is 2.46. The average Bonchev–Trinajstić information content (AvgIpc) is 2.83. The summed E-state index contributed by atoms with van der Waals surface area (Å²) in [5.41, 5.74) is 0. The predicted octanol–water partition coefficient (Wildman–Crippen LogP) is 2.36. The van der Waals surface area contributed by atoms with Crippen LogP contribution in [0.25, 0.3) is 0 Å². The van der Waals surface area contributed by atoms with Gasteiger partial charge < -0.3 is 5.11 Å². The van der Waals surface area contributed by atoms with E-state index in [0.717, 1.165) is 5.92 Å². The molecule has 0 spiro atoms. The van der Waals surface area contributed by atoms with Gasteiger partial charge in [0.1, 0.15) is 0 Å². The van der Waals surface area contributed by atoms with Gasteiger partial charge in [-0.25, -0.2) is 0 Å². The van der Waals surface area contributed by atoms with Crippen molar-refractivity contribution in [2.45, 2.75) is 51.0 Å². The molecule has 0 amide bonds. The molecule has 96 valence electrons. The van der Waals surface area contributed by atoms with Gasteiger partial charge in [0.05, 0.1) is 0 Å². The van der Waals surface area contributed by atoms with Crippen molar-refractivity contribution in [3.63, 3.8) is 0 Å². The lowest BCUT2D eigenvalue weighted by atomic mass is 9.68. The van der Waals surface area contributed by atoms with Crippen LogP contribution in [-0.2, 0) is 4.79 Å². The van der Waals surface area contributed by atoms with Gasteiger partial charge in [-0.1, -0.05) is 12.8 Å². The Labute approximate surface area is 103 Å². The van der Waals surface area contributed by atoms with Gasteiger partial charge in [0.2, 0.25) is 0 Å². The summed E-state index contributed by atoms with van der Waals surface area (Å²) in [6.07, 6.45) is 8.28. The molecule has 0 radical (unpaired) electrons. The third-order valence-electron chi connectivity index (χ3n) is 5.33. The van der Waals surface area contributed by atoms with E-state index in [1.54, 1.807) is 0 Å². The van der Waals surface area contributed by atoms with E-state index in [2.05, 4.69) is 4.90 Å². The lowest BCUT2D eigenvalue weighted by molar-refractivity contribution is -0.142. The molecule has 4 aliphatic rings. The Morgan fingerprint density at radius 2 is 1.71 bits per heavy atom. The van der Waals surface area contributed by atoms with Gasteiger partial charge in [0.25, 0.3) is 0 Å².